The molecule has 358 valence electrons. The summed E-state index contributed by atoms with van der Waals surface area (Å²) in [6, 6.07) is 89.8. The minimum Gasteiger partial charge on any atom is -0.208 e. The molecule has 6 heteroatoms. The van der Waals surface area contributed by atoms with Gasteiger partial charge in [-0.05, 0) is 78.9 Å². The van der Waals surface area contributed by atoms with Gasteiger partial charge in [-0.15, -0.1) is 0 Å². The van der Waals surface area contributed by atoms with E-state index in [1.54, 1.807) is 0 Å². The molecule has 0 bridgehead atoms. The van der Waals surface area contributed by atoms with Crippen molar-refractivity contribution in [2.75, 3.05) is 0 Å². The number of fused-ring (bicyclic) bond motifs is 9. The Morgan fingerprint density at radius 3 is 1.11 bits per heavy atom. The second kappa shape index (κ2) is 18.0. The van der Waals surface area contributed by atoms with Crippen LogP contribution in [0.3, 0.4) is 0 Å². The zero-order chi connectivity index (χ0) is 50.8. The Balaban J connectivity index is 1.02. The lowest BCUT2D eigenvalue weighted by Gasteiger charge is -2.46. The number of hydrogen-bond donors (Lipinski definition) is 0. The minimum absolute atomic E-state index is 0.268. The number of benzene rings is 10. The Morgan fingerprint density at radius 1 is 0.224 bits per heavy atom. The molecule has 1 spiro atoms. The monoisotopic (exact) mass is 972 g/mol. The fourth-order valence-corrected chi connectivity index (χ4v) is 11.9. The van der Waals surface area contributed by atoms with Gasteiger partial charge in [0.25, 0.3) is 0 Å². The third kappa shape index (κ3) is 7.32. The average Bonchev–Trinajstić information content (AvgIpc) is 3.99. The highest BCUT2D eigenvalue weighted by molar-refractivity contribution is 5.97. The van der Waals surface area contributed by atoms with Gasteiger partial charge < -0.3 is 0 Å². The maximum atomic E-state index is 5.44. The molecule has 2 aliphatic carbocycles. The molecule has 0 amide bonds. The number of nitrogens with zero attached hydrogens (tertiary/aromatic N) is 6. The molecular formula is C70H48N6. The largest absolute Gasteiger partial charge is 0.208 e. The van der Waals surface area contributed by atoms with E-state index in [0.717, 1.165) is 66.8 Å². The average molecular weight is 973 g/mol. The third-order valence-electron chi connectivity index (χ3n) is 15.5. The van der Waals surface area contributed by atoms with E-state index in [1.807, 2.05) is 48.5 Å². The van der Waals surface area contributed by atoms with Crippen molar-refractivity contribution >= 4 is 0 Å². The molecule has 2 aliphatic rings. The highest BCUT2D eigenvalue weighted by atomic mass is 15.0. The van der Waals surface area contributed by atoms with Crippen LogP contribution in [0.25, 0.3) is 102 Å². The van der Waals surface area contributed by atoms with E-state index >= 15 is 0 Å². The van der Waals surface area contributed by atoms with E-state index in [9.17, 15) is 0 Å². The summed E-state index contributed by atoms with van der Waals surface area (Å²) in [5.74, 6) is 3.57. The Kier molecular flexibility index (Phi) is 10.6. The topological polar surface area (TPSA) is 77.3 Å². The van der Waals surface area contributed by atoms with Gasteiger partial charge in [0.1, 0.15) is 0 Å². The summed E-state index contributed by atoms with van der Waals surface area (Å²) in [7, 11) is 0. The van der Waals surface area contributed by atoms with Crippen LogP contribution in [-0.4, -0.2) is 29.9 Å². The van der Waals surface area contributed by atoms with Crippen LogP contribution < -0.4 is 0 Å². The van der Waals surface area contributed by atoms with Crippen LogP contribution in [-0.2, 0) is 10.8 Å². The first-order chi connectivity index (χ1) is 37.4. The molecule has 10 aromatic carbocycles. The molecule has 0 N–H and O–H groups in total. The zero-order valence-corrected chi connectivity index (χ0v) is 41.9. The molecule has 0 unspecified atom stereocenters. The molecule has 6 nitrogen and oxygen atoms in total. The van der Waals surface area contributed by atoms with Crippen LogP contribution in [0.5, 0.6) is 0 Å². The van der Waals surface area contributed by atoms with Gasteiger partial charge in [0.05, 0.1) is 5.41 Å². The predicted octanol–water partition coefficient (Wildman–Crippen LogP) is 16.4. The summed E-state index contributed by atoms with van der Waals surface area (Å²) in [5, 5.41) is 0. The lowest BCUT2D eigenvalue weighted by Crippen LogP contribution is -2.40. The standard InChI is InChI=1S/C70H48N6/c1-69(2)57-32-15-17-34-59(57)70(60-35-18-16-33-58(60)69)56-42-41-53(67-73-63(48-25-11-5-12-26-48)72-66(74-67)52-30-19-29-51(43-52)46-23-9-4-10-24-46)44-55(56)62-54(31-20-36-61(62)70)68-75-64(49-27-13-6-14-28-49)71-65(76-68)50-39-37-47(38-40-50)45-21-7-3-8-22-45/h3-44H,1-2H3. The first kappa shape index (κ1) is 44.9. The Hall–Kier alpha value is -9.78. The zero-order valence-electron chi connectivity index (χ0n) is 41.9. The van der Waals surface area contributed by atoms with Gasteiger partial charge in [-0.3, -0.25) is 0 Å². The highest BCUT2D eigenvalue weighted by Gasteiger charge is 2.54. The summed E-state index contributed by atoms with van der Waals surface area (Å²) in [6.07, 6.45) is 0. The molecule has 0 atom stereocenters. The van der Waals surface area contributed by atoms with Gasteiger partial charge in [0, 0.05) is 38.8 Å². The van der Waals surface area contributed by atoms with Crippen LogP contribution in [0.2, 0.25) is 0 Å². The van der Waals surface area contributed by atoms with Crippen LogP contribution in [0.1, 0.15) is 47.2 Å². The van der Waals surface area contributed by atoms with Gasteiger partial charge in [0.15, 0.2) is 34.9 Å². The molecule has 0 saturated heterocycles. The first-order valence-electron chi connectivity index (χ1n) is 25.9. The maximum absolute atomic E-state index is 5.44. The van der Waals surface area contributed by atoms with Crippen molar-refractivity contribution < 1.29 is 0 Å². The van der Waals surface area contributed by atoms with Crippen LogP contribution in [0, 0.1) is 0 Å². The first-order valence-corrected chi connectivity index (χ1v) is 25.9. The normalized spacial score (nSPS) is 13.3. The third-order valence-corrected chi connectivity index (χ3v) is 15.5. The van der Waals surface area contributed by atoms with Gasteiger partial charge in [0.2, 0.25) is 0 Å². The minimum atomic E-state index is -0.690. The van der Waals surface area contributed by atoms with Crippen molar-refractivity contribution in [1.29, 1.82) is 0 Å². The van der Waals surface area contributed by atoms with Crippen molar-refractivity contribution in [2.45, 2.75) is 24.7 Å². The second-order valence-corrected chi connectivity index (χ2v) is 20.2. The van der Waals surface area contributed by atoms with Gasteiger partial charge in [-0.2, -0.15) is 0 Å². The van der Waals surface area contributed by atoms with Gasteiger partial charge >= 0.3 is 0 Å². The summed E-state index contributed by atoms with van der Waals surface area (Å²) in [4.78, 5) is 31.9. The smallest absolute Gasteiger partial charge is 0.164 e. The summed E-state index contributed by atoms with van der Waals surface area (Å²) >= 11 is 0. The van der Waals surface area contributed by atoms with E-state index in [0.29, 0.717) is 34.9 Å². The predicted molar refractivity (Wildman–Crippen MR) is 306 cm³/mol. The van der Waals surface area contributed by atoms with Crippen LogP contribution in [0.15, 0.2) is 255 Å². The molecule has 0 radical (unpaired) electrons. The molecule has 12 aromatic rings. The van der Waals surface area contributed by atoms with Crippen LogP contribution in [0.4, 0.5) is 0 Å². The van der Waals surface area contributed by atoms with Gasteiger partial charge in [-0.25, -0.2) is 29.9 Å². The molecule has 2 heterocycles. The molecule has 14 rings (SSSR count). The number of rotatable bonds is 8. The van der Waals surface area contributed by atoms with Crippen molar-refractivity contribution in [1.82, 2.24) is 29.9 Å². The Morgan fingerprint density at radius 2 is 0.566 bits per heavy atom. The molecule has 0 aliphatic heterocycles. The Labute approximate surface area is 442 Å². The summed E-state index contributed by atoms with van der Waals surface area (Å²) < 4.78 is 0. The van der Waals surface area contributed by atoms with E-state index in [2.05, 4.69) is 220 Å². The number of hydrogen-bond acceptors (Lipinski definition) is 6. The van der Waals surface area contributed by atoms with E-state index in [-0.39, 0.29) is 5.41 Å². The molecular weight excluding hydrogens is 925 g/mol. The van der Waals surface area contributed by atoms with Crippen molar-refractivity contribution in [2.24, 2.45) is 0 Å². The quantitative estimate of drug-likeness (QED) is 0.151. The van der Waals surface area contributed by atoms with Crippen LogP contribution >= 0.6 is 0 Å². The molecule has 76 heavy (non-hydrogen) atoms. The number of aromatic nitrogens is 6. The molecule has 2 aromatic heterocycles. The van der Waals surface area contributed by atoms with E-state index in [4.69, 9.17) is 29.9 Å². The second-order valence-electron chi connectivity index (χ2n) is 20.2. The van der Waals surface area contributed by atoms with Crippen molar-refractivity contribution in [3.05, 3.63) is 288 Å². The fraction of sp³-hybridized carbons (Fsp3) is 0.0571. The lowest BCUT2D eigenvalue weighted by molar-refractivity contribution is 0.563. The Bertz CT molecular complexity index is 4130. The highest BCUT2D eigenvalue weighted by Crippen LogP contribution is 2.63. The maximum Gasteiger partial charge on any atom is 0.164 e. The van der Waals surface area contributed by atoms with Crippen molar-refractivity contribution in [3.63, 3.8) is 0 Å². The van der Waals surface area contributed by atoms with Gasteiger partial charge in [-0.1, -0.05) is 257 Å². The molecule has 0 saturated carbocycles. The van der Waals surface area contributed by atoms with Crippen molar-refractivity contribution in [3.8, 4) is 102 Å². The van der Waals surface area contributed by atoms with E-state index < -0.39 is 5.41 Å². The lowest BCUT2D eigenvalue weighted by atomic mass is 9.55. The summed E-state index contributed by atoms with van der Waals surface area (Å²) in [6.45, 7) is 4.71. The van der Waals surface area contributed by atoms with E-state index in [1.165, 1.54) is 33.4 Å². The molecule has 0 fully saturated rings. The summed E-state index contributed by atoms with van der Waals surface area (Å²) in [5.41, 5.74) is 18.5. The SMILES string of the molecule is CC1(C)c2ccccc2C2(c3ccc(-c4nc(-c5ccccc5)nc(-c5cccc(-c6ccccc6)c5)n4)cc3-c3c(-c4nc(-c5ccccc5)nc(-c5ccc(-c6ccccc6)cc5)n4)cccc32)c2ccccc21. The fourth-order valence-electron chi connectivity index (χ4n) is 11.9.